The number of hydrogen-bond acceptors (Lipinski definition) is 4. The molecule has 0 bridgehead atoms. The normalized spacial score (nSPS) is 13.4. The molecule has 0 radical (unpaired) electrons. The van der Waals surface area contributed by atoms with Crippen molar-refractivity contribution in [3.63, 3.8) is 0 Å². The molecular weight excluding hydrogens is 384 g/mol. The van der Waals surface area contributed by atoms with Crippen LogP contribution < -0.4 is 11.1 Å². The van der Waals surface area contributed by atoms with E-state index in [4.69, 9.17) is 5.73 Å². The fourth-order valence-corrected chi connectivity index (χ4v) is 3.60. The van der Waals surface area contributed by atoms with E-state index in [1.807, 2.05) is 38.1 Å². The lowest BCUT2D eigenvalue weighted by atomic mass is 9.93. The lowest BCUT2D eigenvalue weighted by Gasteiger charge is -2.23. The Hall–Kier alpha value is -1.89. The largest absolute Gasteiger partial charge is 0.345 e. The third-order valence-electron chi connectivity index (χ3n) is 4.17. The Kier molecular flexibility index (Phi) is 8.02. The quantitative estimate of drug-likeness (QED) is 0.765. The van der Waals surface area contributed by atoms with E-state index in [9.17, 15) is 13.2 Å². The number of amides is 1. The summed E-state index contributed by atoms with van der Waals surface area (Å²) in [7, 11) is -3.34. The highest BCUT2D eigenvalue weighted by molar-refractivity contribution is 7.90. The Morgan fingerprint density at radius 2 is 1.81 bits per heavy atom. The predicted molar refractivity (Wildman–Crippen MR) is 111 cm³/mol. The van der Waals surface area contributed by atoms with Gasteiger partial charge in [0.2, 0.25) is 5.91 Å². The monoisotopic (exact) mass is 410 g/mol. The van der Waals surface area contributed by atoms with Crippen LogP contribution in [0.2, 0.25) is 0 Å². The summed E-state index contributed by atoms with van der Waals surface area (Å²) in [6.45, 7) is 5.76. The third-order valence-corrected chi connectivity index (χ3v) is 5.28. The fraction of sp³-hybridized carbons (Fsp3) is 0.350. The highest BCUT2D eigenvalue weighted by Gasteiger charge is 2.21. The first-order valence-corrected chi connectivity index (χ1v) is 10.4. The topological polar surface area (TPSA) is 89.3 Å². The van der Waals surface area contributed by atoms with Crippen LogP contribution in [0.5, 0.6) is 0 Å². The van der Waals surface area contributed by atoms with Gasteiger partial charge in [0.25, 0.3) is 0 Å². The van der Waals surface area contributed by atoms with Gasteiger partial charge in [-0.2, -0.15) is 0 Å². The van der Waals surface area contributed by atoms with Crippen LogP contribution in [0.3, 0.4) is 0 Å². The molecule has 0 aromatic heterocycles. The minimum atomic E-state index is -3.34. The fourth-order valence-electron chi connectivity index (χ4n) is 2.93. The van der Waals surface area contributed by atoms with E-state index in [0.717, 1.165) is 22.3 Å². The molecule has 0 aliphatic heterocycles. The Labute approximate surface area is 167 Å². The van der Waals surface area contributed by atoms with Gasteiger partial charge in [-0.3, -0.25) is 4.79 Å². The zero-order valence-corrected chi connectivity index (χ0v) is 17.7. The van der Waals surface area contributed by atoms with E-state index >= 15 is 0 Å². The number of sulfone groups is 1. The van der Waals surface area contributed by atoms with Crippen molar-refractivity contribution in [3.05, 3.63) is 64.7 Å². The zero-order chi connectivity index (χ0) is 19.5. The maximum atomic E-state index is 12.4. The molecule has 0 heterocycles. The SMILES string of the molecule is Cc1ccc(C(NC(=O)CC(C)N)c2cccc(S(C)(=O)=O)c2)c(C)c1.Cl. The number of carbonyl (C=O) groups excluding carboxylic acids is 1. The molecule has 0 fully saturated rings. The minimum Gasteiger partial charge on any atom is -0.345 e. The maximum Gasteiger partial charge on any atom is 0.222 e. The Bertz CT molecular complexity index is 911. The number of aryl methyl sites for hydroxylation is 2. The molecule has 0 saturated heterocycles. The third kappa shape index (κ3) is 6.34. The van der Waals surface area contributed by atoms with E-state index in [2.05, 4.69) is 5.32 Å². The number of rotatable bonds is 6. The number of halogens is 1. The lowest BCUT2D eigenvalue weighted by Crippen LogP contribution is -2.33. The Morgan fingerprint density at radius 1 is 1.15 bits per heavy atom. The molecule has 2 rings (SSSR count). The second-order valence-corrected chi connectivity index (χ2v) is 8.90. The predicted octanol–water partition coefficient (Wildman–Crippen LogP) is 3.07. The van der Waals surface area contributed by atoms with E-state index in [1.165, 1.54) is 6.26 Å². The van der Waals surface area contributed by atoms with E-state index < -0.39 is 15.9 Å². The molecule has 2 aromatic carbocycles. The van der Waals surface area contributed by atoms with Gasteiger partial charge in [-0.1, -0.05) is 35.9 Å². The summed E-state index contributed by atoms with van der Waals surface area (Å²) in [5.74, 6) is -0.172. The van der Waals surface area contributed by atoms with Crippen LogP contribution in [0.4, 0.5) is 0 Å². The highest BCUT2D eigenvalue weighted by atomic mass is 35.5. The number of hydrogen-bond donors (Lipinski definition) is 2. The Morgan fingerprint density at radius 3 is 2.37 bits per heavy atom. The minimum absolute atomic E-state index is 0. The number of carbonyl (C=O) groups is 1. The van der Waals surface area contributed by atoms with Crippen LogP contribution in [0.1, 0.15) is 41.6 Å². The average molecular weight is 411 g/mol. The molecule has 2 aromatic rings. The van der Waals surface area contributed by atoms with Crippen molar-refractivity contribution < 1.29 is 13.2 Å². The first kappa shape index (κ1) is 23.1. The summed E-state index contributed by atoms with van der Waals surface area (Å²) in [5.41, 5.74) is 9.54. The van der Waals surface area contributed by atoms with Crippen LogP contribution in [0.25, 0.3) is 0 Å². The smallest absolute Gasteiger partial charge is 0.222 e. The molecule has 2 unspecified atom stereocenters. The molecular formula is C20H27ClN2O3S. The average Bonchev–Trinajstić information content (AvgIpc) is 2.52. The standard InChI is InChI=1S/C20H26N2O3S.ClH/c1-13-8-9-18(14(2)10-13)20(22-19(23)11-15(3)21)16-6-5-7-17(12-16)26(4,24)25;/h5-10,12,15,20H,11,21H2,1-4H3,(H,22,23);1H. The van der Waals surface area contributed by atoms with Gasteiger partial charge >= 0.3 is 0 Å². The van der Waals surface area contributed by atoms with Crippen LogP contribution >= 0.6 is 12.4 Å². The van der Waals surface area contributed by atoms with E-state index in [0.29, 0.717) is 0 Å². The van der Waals surface area contributed by atoms with Crippen molar-refractivity contribution in [1.29, 1.82) is 0 Å². The maximum absolute atomic E-state index is 12.4. The number of benzene rings is 2. The van der Waals surface area contributed by atoms with Crippen molar-refractivity contribution in [3.8, 4) is 0 Å². The van der Waals surface area contributed by atoms with Crippen molar-refractivity contribution in [2.45, 2.75) is 44.2 Å². The van der Waals surface area contributed by atoms with E-state index in [-0.39, 0.29) is 35.7 Å². The van der Waals surface area contributed by atoms with Crippen LogP contribution in [0, 0.1) is 13.8 Å². The molecule has 27 heavy (non-hydrogen) atoms. The van der Waals surface area contributed by atoms with Gasteiger partial charge in [-0.05, 0) is 49.6 Å². The molecule has 148 valence electrons. The first-order chi connectivity index (χ1) is 12.1. The molecule has 3 N–H and O–H groups in total. The van der Waals surface area contributed by atoms with E-state index in [1.54, 1.807) is 25.1 Å². The second kappa shape index (κ2) is 9.35. The molecule has 0 spiro atoms. The Balaban J connectivity index is 0.00000364. The molecule has 2 atom stereocenters. The van der Waals surface area contributed by atoms with Crippen LogP contribution in [-0.4, -0.2) is 26.6 Å². The van der Waals surface area contributed by atoms with Gasteiger partial charge < -0.3 is 11.1 Å². The van der Waals surface area contributed by atoms with Crippen molar-refractivity contribution in [1.82, 2.24) is 5.32 Å². The molecule has 7 heteroatoms. The summed E-state index contributed by atoms with van der Waals surface area (Å²) in [6, 6.07) is 12.0. The highest BCUT2D eigenvalue weighted by Crippen LogP contribution is 2.27. The van der Waals surface area contributed by atoms with Crippen LogP contribution in [-0.2, 0) is 14.6 Å². The zero-order valence-electron chi connectivity index (χ0n) is 16.0. The van der Waals surface area contributed by atoms with Gasteiger partial charge in [0, 0.05) is 18.7 Å². The number of nitrogens with two attached hydrogens (primary N) is 1. The van der Waals surface area contributed by atoms with Gasteiger partial charge in [0.1, 0.15) is 0 Å². The molecule has 0 aliphatic carbocycles. The van der Waals surface area contributed by atoms with Crippen molar-refractivity contribution in [2.75, 3.05) is 6.26 Å². The molecule has 0 aliphatic rings. The summed E-state index contributed by atoms with van der Waals surface area (Å²) in [4.78, 5) is 12.6. The van der Waals surface area contributed by atoms with Crippen molar-refractivity contribution in [2.24, 2.45) is 5.73 Å². The van der Waals surface area contributed by atoms with Crippen molar-refractivity contribution >= 4 is 28.2 Å². The summed E-state index contributed by atoms with van der Waals surface area (Å²) >= 11 is 0. The van der Waals surface area contributed by atoms with Gasteiger partial charge in [-0.15, -0.1) is 12.4 Å². The number of nitrogens with one attached hydrogen (secondary N) is 1. The molecule has 0 saturated carbocycles. The summed E-state index contributed by atoms with van der Waals surface area (Å²) in [5, 5.41) is 3.01. The second-order valence-electron chi connectivity index (χ2n) is 6.89. The van der Waals surface area contributed by atoms with Crippen LogP contribution in [0.15, 0.2) is 47.4 Å². The van der Waals surface area contributed by atoms with Gasteiger partial charge in [-0.25, -0.2) is 8.42 Å². The molecule has 1 amide bonds. The summed E-state index contributed by atoms with van der Waals surface area (Å²) < 4.78 is 23.8. The first-order valence-electron chi connectivity index (χ1n) is 8.50. The summed E-state index contributed by atoms with van der Waals surface area (Å²) in [6.07, 6.45) is 1.38. The van der Waals surface area contributed by atoms with Gasteiger partial charge in [0.15, 0.2) is 9.84 Å². The van der Waals surface area contributed by atoms with Gasteiger partial charge in [0.05, 0.1) is 10.9 Å². The molecule has 5 nitrogen and oxygen atoms in total. The lowest BCUT2D eigenvalue weighted by molar-refractivity contribution is -0.121.